The summed E-state index contributed by atoms with van der Waals surface area (Å²) < 4.78 is 25.1. The van der Waals surface area contributed by atoms with Crippen LogP contribution in [0.3, 0.4) is 0 Å². The summed E-state index contributed by atoms with van der Waals surface area (Å²) in [7, 11) is -3.09. The van der Waals surface area contributed by atoms with Crippen LogP contribution in [0.4, 0.5) is 0 Å². The molecule has 0 saturated carbocycles. The molecule has 0 aromatic carbocycles. The quantitative estimate of drug-likeness (QED) is 0.823. The second kappa shape index (κ2) is 8.08. The van der Waals surface area contributed by atoms with E-state index in [1.807, 2.05) is 11.4 Å². The van der Waals surface area contributed by atoms with E-state index in [4.69, 9.17) is 0 Å². The zero-order valence-corrected chi connectivity index (χ0v) is 14.6. The number of sulfonamides is 1. The van der Waals surface area contributed by atoms with Gasteiger partial charge in [-0.05, 0) is 44.1 Å². The van der Waals surface area contributed by atoms with E-state index >= 15 is 0 Å². The van der Waals surface area contributed by atoms with Gasteiger partial charge in [0.2, 0.25) is 15.9 Å². The largest absolute Gasteiger partial charge is 0.353 e. The average molecular weight is 345 g/mol. The number of piperidine rings is 1. The summed E-state index contributed by atoms with van der Waals surface area (Å²) in [6.45, 7) is 2.68. The van der Waals surface area contributed by atoms with Crippen molar-refractivity contribution in [3.05, 3.63) is 22.4 Å². The van der Waals surface area contributed by atoms with E-state index in [2.05, 4.69) is 11.4 Å². The van der Waals surface area contributed by atoms with Crippen LogP contribution >= 0.6 is 11.3 Å². The summed E-state index contributed by atoms with van der Waals surface area (Å²) >= 11 is 1.72. The molecule has 0 aliphatic carbocycles. The number of thiophene rings is 1. The summed E-state index contributed by atoms with van der Waals surface area (Å²) in [6, 6.07) is 4.22. The summed E-state index contributed by atoms with van der Waals surface area (Å²) in [4.78, 5) is 13.2. The summed E-state index contributed by atoms with van der Waals surface area (Å²) in [5.74, 6) is 0.223. The first-order valence-corrected chi connectivity index (χ1v) is 10.3. The van der Waals surface area contributed by atoms with Crippen molar-refractivity contribution in [1.82, 2.24) is 9.62 Å². The number of carbonyl (C=O) groups excluding carboxylic acids is 1. The zero-order chi connectivity index (χ0) is 16.0. The molecule has 0 unspecified atom stereocenters. The van der Waals surface area contributed by atoms with E-state index < -0.39 is 10.0 Å². The maximum absolute atomic E-state index is 11.9. The van der Waals surface area contributed by atoms with E-state index in [9.17, 15) is 13.2 Å². The standard InChI is InChI=1S/C15H24N2O3S2/c1-2-22(19,20)17-10-8-13(9-11-17)16-15(18)7-3-5-14-6-4-12-21-14/h4,6,12-13H,2-3,5,7-11H2,1H3,(H,16,18). The molecule has 1 aliphatic rings. The average Bonchev–Trinajstić information content (AvgIpc) is 3.01. The van der Waals surface area contributed by atoms with Crippen molar-refractivity contribution in [1.29, 1.82) is 0 Å². The third-order valence-electron chi connectivity index (χ3n) is 3.98. The van der Waals surface area contributed by atoms with Crippen molar-refractivity contribution < 1.29 is 13.2 Å². The topological polar surface area (TPSA) is 66.5 Å². The number of nitrogens with one attached hydrogen (secondary N) is 1. The Morgan fingerprint density at radius 1 is 1.41 bits per heavy atom. The number of nitrogens with zero attached hydrogens (tertiary/aromatic N) is 1. The highest BCUT2D eigenvalue weighted by Gasteiger charge is 2.27. The van der Waals surface area contributed by atoms with Crippen LogP contribution in [-0.2, 0) is 21.2 Å². The van der Waals surface area contributed by atoms with Gasteiger partial charge >= 0.3 is 0 Å². The molecule has 22 heavy (non-hydrogen) atoms. The predicted octanol–water partition coefficient (Wildman–Crippen LogP) is 2.00. The first kappa shape index (κ1) is 17.4. The third kappa shape index (κ3) is 5.07. The van der Waals surface area contributed by atoms with Crippen LogP contribution in [0.5, 0.6) is 0 Å². The van der Waals surface area contributed by atoms with Crippen LogP contribution in [-0.4, -0.2) is 43.5 Å². The minimum atomic E-state index is -3.09. The second-order valence-corrected chi connectivity index (χ2v) is 8.86. The van der Waals surface area contributed by atoms with Gasteiger partial charge in [-0.1, -0.05) is 6.07 Å². The molecule has 7 heteroatoms. The van der Waals surface area contributed by atoms with E-state index in [1.54, 1.807) is 18.3 Å². The van der Waals surface area contributed by atoms with Crippen LogP contribution in [0.15, 0.2) is 17.5 Å². The monoisotopic (exact) mass is 344 g/mol. The van der Waals surface area contributed by atoms with Gasteiger partial charge in [-0.25, -0.2) is 12.7 Å². The predicted molar refractivity (Wildman–Crippen MR) is 89.5 cm³/mol. The molecule has 1 amide bonds. The van der Waals surface area contributed by atoms with Gasteiger partial charge in [0, 0.05) is 30.4 Å². The molecule has 0 atom stereocenters. The SMILES string of the molecule is CCS(=O)(=O)N1CCC(NC(=O)CCCc2cccs2)CC1. The van der Waals surface area contributed by atoms with Gasteiger partial charge in [-0.2, -0.15) is 0 Å². The molecule has 1 aliphatic heterocycles. The molecule has 0 radical (unpaired) electrons. The molecule has 0 bridgehead atoms. The fourth-order valence-corrected chi connectivity index (χ4v) is 4.52. The summed E-state index contributed by atoms with van der Waals surface area (Å²) in [6.07, 6.45) is 3.74. The number of amides is 1. The number of hydrogen-bond donors (Lipinski definition) is 1. The van der Waals surface area contributed by atoms with Crippen molar-refractivity contribution in [3.8, 4) is 0 Å². The lowest BCUT2D eigenvalue weighted by Crippen LogP contribution is -2.46. The molecule has 1 fully saturated rings. The van der Waals surface area contributed by atoms with Gasteiger partial charge in [0.05, 0.1) is 5.75 Å². The van der Waals surface area contributed by atoms with E-state index in [0.717, 1.165) is 12.8 Å². The molecule has 5 nitrogen and oxygen atoms in total. The highest BCUT2D eigenvalue weighted by Crippen LogP contribution is 2.15. The molecule has 0 spiro atoms. The number of aryl methyl sites for hydroxylation is 1. The van der Waals surface area contributed by atoms with Crippen LogP contribution in [0, 0.1) is 0 Å². The maximum Gasteiger partial charge on any atom is 0.220 e. The van der Waals surface area contributed by atoms with Crippen molar-refractivity contribution in [2.45, 2.75) is 45.1 Å². The van der Waals surface area contributed by atoms with Gasteiger partial charge in [0.15, 0.2) is 0 Å². The molecule has 1 N–H and O–H groups in total. The van der Waals surface area contributed by atoms with Crippen molar-refractivity contribution in [2.75, 3.05) is 18.8 Å². The number of carbonyl (C=O) groups is 1. The second-order valence-electron chi connectivity index (χ2n) is 5.57. The van der Waals surface area contributed by atoms with Gasteiger partial charge < -0.3 is 5.32 Å². The highest BCUT2D eigenvalue weighted by molar-refractivity contribution is 7.89. The lowest BCUT2D eigenvalue weighted by atomic mass is 10.1. The number of rotatable bonds is 7. The van der Waals surface area contributed by atoms with Crippen molar-refractivity contribution in [3.63, 3.8) is 0 Å². The zero-order valence-electron chi connectivity index (χ0n) is 13.0. The Balaban J connectivity index is 1.66. The molecule has 124 valence electrons. The molecule has 1 aromatic rings. The van der Waals surface area contributed by atoms with Gasteiger partial charge in [0.25, 0.3) is 0 Å². The van der Waals surface area contributed by atoms with Crippen molar-refractivity contribution >= 4 is 27.3 Å². The molecule has 2 rings (SSSR count). The van der Waals surface area contributed by atoms with Gasteiger partial charge in [-0.3, -0.25) is 4.79 Å². The molecular formula is C15H24N2O3S2. The summed E-state index contributed by atoms with van der Waals surface area (Å²) in [5, 5.41) is 5.08. The minimum absolute atomic E-state index is 0.0772. The molecule has 2 heterocycles. The minimum Gasteiger partial charge on any atom is -0.353 e. The molecule has 1 aromatic heterocycles. The van der Waals surface area contributed by atoms with Crippen LogP contribution in [0.25, 0.3) is 0 Å². The van der Waals surface area contributed by atoms with Crippen LogP contribution < -0.4 is 5.32 Å². The van der Waals surface area contributed by atoms with E-state index in [-0.39, 0.29) is 17.7 Å². The Labute approximate surface area is 136 Å². The Bertz CT molecular complexity index is 562. The Morgan fingerprint density at radius 3 is 2.73 bits per heavy atom. The van der Waals surface area contributed by atoms with Crippen LogP contribution in [0.2, 0.25) is 0 Å². The smallest absolute Gasteiger partial charge is 0.220 e. The lowest BCUT2D eigenvalue weighted by Gasteiger charge is -2.31. The Hall–Kier alpha value is -0.920. The first-order chi connectivity index (χ1) is 10.5. The lowest BCUT2D eigenvalue weighted by molar-refractivity contribution is -0.122. The first-order valence-electron chi connectivity index (χ1n) is 7.81. The summed E-state index contributed by atoms with van der Waals surface area (Å²) in [5.41, 5.74) is 0. The van der Waals surface area contributed by atoms with E-state index in [1.165, 1.54) is 9.18 Å². The highest BCUT2D eigenvalue weighted by atomic mass is 32.2. The molecular weight excluding hydrogens is 320 g/mol. The van der Waals surface area contributed by atoms with Crippen LogP contribution in [0.1, 0.15) is 37.5 Å². The third-order valence-corrected chi connectivity index (χ3v) is 6.80. The number of hydrogen-bond acceptors (Lipinski definition) is 4. The fraction of sp³-hybridized carbons (Fsp3) is 0.667. The van der Waals surface area contributed by atoms with Gasteiger partial charge in [-0.15, -0.1) is 11.3 Å². The maximum atomic E-state index is 11.9. The van der Waals surface area contributed by atoms with Gasteiger partial charge in [0.1, 0.15) is 0 Å². The van der Waals surface area contributed by atoms with E-state index in [0.29, 0.717) is 32.4 Å². The normalized spacial score (nSPS) is 17.5. The molecule has 1 saturated heterocycles. The fourth-order valence-electron chi connectivity index (χ4n) is 2.64. The Morgan fingerprint density at radius 2 is 2.14 bits per heavy atom. The Kier molecular flexibility index (Phi) is 6.40. The van der Waals surface area contributed by atoms with Crippen molar-refractivity contribution in [2.24, 2.45) is 0 Å².